The normalized spacial score (nSPS) is 12.2. The van der Waals surface area contributed by atoms with Crippen LogP contribution in [0, 0.1) is 6.92 Å². The van der Waals surface area contributed by atoms with Crippen molar-refractivity contribution in [2.45, 2.75) is 6.92 Å². The van der Waals surface area contributed by atoms with Crippen LogP contribution in [0.2, 0.25) is 0 Å². The van der Waals surface area contributed by atoms with E-state index in [-0.39, 0.29) is 0 Å². The van der Waals surface area contributed by atoms with E-state index in [0.29, 0.717) is 0 Å². The van der Waals surface area contributed by atoms with Crippen molar-refractivity contribution in [3.63, 3.8) is 0 Å². The molecule has 5 aromatic rings. The molecule has 0 aliphatic carbocycles. The van der Waals surface area contributed by atoms with Crippen LogP contribution >= 0.6 is 0 Å². The van der Waals surface area contributed by atoms with Crippen molar-refractivity contribution >= 4 is 46.4 Å². The summed E-state index contributed by atoms with van der Waals surface area (Å²) in [5.74, 6) is 0.824. The third-order valence-corrected chi connectivity index (χ3v) is 7.14. The molecule has 0 saturated heterocycles. The number of aryl methyl sites for hydroxylation is 1. The molecule has 39 heavy (non-hydrogen) atoms. The summed E-state index contributed by atoms with van der Waals surface area (Å²) in [6.07, 6.45) is 8.21. The SMILES string of the molecule is COc1ccc(-c2c(-c3ccccc3C)c3cc4nc(cc5ccc(cc6nc(cc2[nH]3)C=C6)[nH]5)C=C4)cc1. The summed E-state index contributed by atoms with van der Waals surface area (Å²) in [5.41, 5.74) is 13.3. The van der Waals surface area contributed by atoms with Crippen molar-refractivity contribution in [2.75, 3.05) is 7.11 Å². The molecule has 5 heterocycles. The van der Waals surface area contributed by atoms with Gasteiger partial charge < -0.3 is 14.7 Å². The van der Waals surface area contributed by atoms with Gasteiger partial charge in [0.05, 0.1) is 29.9 Å². The number of aromatic amines is 2. The van der Waals surface area contributed by atoms with E-state index in [1.807, 2.05) is 24.3 Å². The lowest BCUT2D eigenvalue weighted by Gasteiger charge is -2.10. The van der Waals surface area contributed by atoms with Crippen molar-refractivity contribution in [2.24, 2.45) is 0 Å². The number of hydrogen-bond donors (Lipinski definition) is 2. The Labute approximate surface area is 226 Å². The van der Waals surface area contributed by atoms with Gasteiger partial charge in [0.1, 0.15) is 5.75 Å². The van der Waals surface area contributed by atoms with Crippen molar-refractivity contribution in [3.05, 3.63) is 113 Å². The largest absolute Gasteiger partial charge is 0.497 e. The summed E-state index contributed by atoms with van der Waals surface area (Å²) in [6, 6.07) is 29.2. The Bertz CT molecular complexity index is 1960. The van der Waals surface area contributed by atoms with Crippen LogP contribution in [0.15, 0.2) is 84.9 Å². The molecule has 0 atom stereocenters. The molecule has 3 aromatic heterocycles. The van der Waals surface area contributed by atoms with Crippen LogP contribution < -0.4 is 4.74 Å². The van der Waals surface area contributed by atoms with E-state index in [1.165, 1.54) is 11.1 Å². The molecule has 188 valence electrons. The third-order valence-electron chi connectivity index (χ3n) is 7.14. The van der Waals surface area contributed by atoms with Gasteiger partial charge in [-0.05, 0) is 96.4 Å². The molecular weight excluding hydrogens is 480 g/mol. The fraction of sp³-hybridized carbons (Fsp3) is 0.0588. The van der Waals surface area contributed by atoms with Crippen LogP contribution in [-0.2, 0) is 0 Å². The number of rotatable bonds is 3. The van der Waals surface area contributed by atoms with Gasteiger partial charge in [-0.25, -0.2) is 9.97 Å². The van der Waals surface area contributed by atoms with E-state index >= 15 is 0 Å². The minimum atomic E-state index is 0.824. The third kappa shape index (κ3) is 4.34. The number of aromatic nitrogens is 4. The lowest BCUT2D eigenvalue weighted by atomic mass is 9.93. The predicted octanol–water partition coefficient (Wildman–Crippen LogP) is 8.31. The summed E-state index contributed by atoms with van der Waals surface area (Å²) in [5, 5.41) is 0. The van der Waals surface area contributed by atoms with Crippen LogP contribution in [0.25, 0.3) is 68.6 Å². The van der Waals surface area contributed by atoms with E-state index < -0.39 is 0 Å². The van der Waals surface area contributed by atoms with Crippen LogP contribution in [0.1, 0.15) is 28.3 Å². The highest BCUT2D eigenvalue weighted by Crippen LogP contribution is 2.41. The zero-order valence-corrected chi connectivity index (χ0v) is 21.7. The molecule has 2 aliphatic heterocycles. The smallest absolute Gasteiger partial charge is 0.118 e. The van der Waals surface area contributed by atoms with Crippen LogP contribution in [0.3, 0.4) is 0 Å². The van der Waals surface area contributed by atoms with E-state index in [2.05, 4.69) is 102 Å². The first-order valence-corrected chi connectivity index (χ1v) is 12.9. The highest BCUT2D eigenvalue weighted by atomic mass is 16.5. The minimum Gasteiger partial charge on any atom is -0.497 e. The molecule has 0 unspecified atom stereocenters. The number of H-pyrrole nitrogens is 2. The minimum absolute atomic E-state index is 0.824. The summed E-state index contributed by atoms with van der Waals surface area (Å²) >= 11 is 0. The lowest BCUT2D eigenvalue weighted by Crippen LogP contribution is -1.87. The summed E-state index contributed by atoms with van der Waals surface area (Å²) < 4.78 is 5.45. The summed E-state index contributed by atoms with van der Waals surface area (Å²) in [4.78, 5) is 17.0. The highest BCUT2D eigenvalue weighted by molar-refractivity contribution is 6.04. The molecule has 2 aliphatic rings. The number of methoxy groups -OCH3 is 1. The Morgan fingerprint density at radius 1 is 0.590 bits per heavy atom. The molecule has 2 N–H and O–H groups in total. The van der Waals surface area contributed by atoms with E-state index in [1.54, 1.807) is 7.11 Å². The molecule has 0 spiro atoms. The topological polar surface area (TPSA) is 66.6 Å². The van der Waals surface area contributed by atoms with Crippen LogP contribution in [0.5, 0.6) is 5.75 Å². The Kier molecular flexibility index (Phi) is 5.48. The van der Waals surface area contributed by atoms with Gasteiger partial charge in [0.25, 0.3) is 0 Å². The zero-order chi connectivity index (χ0) is 26.3. The molecule has 0 fully saturated rings. The first-order chi connectivity index (χ1) is 19.1. The second kappa shape index (κ2) is 9.30. The average molecular weight is 507 g/mol. The summed E-state index contributed by atoms with van der Waals surface area (Å²) in [7, 11) is 1.69. The van der Waals surface area contributed by atoms with Crippen molar-refractivity contribution < 1.29 is 4.74 Å². The Balaban J connectivity index is 1.63. The first-order valence-electron chi connectivity index (χ1n) is 12.9. The highest BCUT2D eigenvalue weighted by Gasteiger charge is 2.18. The van der Waals surface area contributed by atoms with Crippen LogP contribution in [-0.4, -0.2) is 27.0 Å². The van der Waals surface area contributed by atoms with Crippen LogP contribution in [0.4, 0.5) is 0 Å². The molecule has 0 radical (unpaired) electrons. The maximum Gasteiger partial charge on any atom is 0.118 e. The molecular formula is C34H26N4O. The number of benzene rings is 2. The van der Waals surface area contributed by atoms with Gasteiger partial charge in [0.2, 0.25) is 0 Å². The Hall–Kier alpha value is -5.16. The van der Waals surface area contributed by atoms with E-state index in [0.717, 1.165) is 67.3 Å². The van der Waals surface area contributed by atoms with E-state index in [4.69, 9.17) is 14.7 Å². The summed E-state index contributed by atoms with van der Waals surface area (Å²) in [6.45, 7) is 2.15. The van der Waals surface area contributed by atoms with Crippen molar-refractivity contribution in [3.8, 4) is 28.0 Å². The molecule has 0 amide bonds. The van der Waals surface area contributed by atoms with Gasteiger partial charge in [-0.3, -0.25) is 0 Å². The maximum absolute atomic E-state index is 5.45. The van der Waals surface area contributed by atoms with Crippen molar-refractivity contribution in [1.82, 2.24) is 19.9 Å². The molecule has 7 rings (SSSR count). The van der Waals surface area contributed by atoms with E-state index in [9.17, 15) is 0 Å². The van der Waals surface area contributed by atoms with Gasteiger partial charge in [0, 0.05) is 33.2 Å². The standard InChI is InChI=1S/C34H26N4O/c1-21-5-3-4-6-30(21)34-32-20-28-14-12-26(37-28)18-24-10-9-23(35-24)17-25-11-13-27(36-25)19-31(38-32)33(34)22-7-15-29(39-2)16-8-22/h3-20,35,38H,1-2H3. The number of ether oxygens (including phenoxy) is 1. The Morgan fingerprint density at radius 3 is 1.74 bits per heavy atom. The molecule has 8 bridgehead atoms. The monoisotopic (exact) mass is 506 g/mol. The maximum atomic E-state index is 5.45. The van der Waals surface area contributed by atoms with Gasteiger partial charge in [-0.2, -0.15) is 0 Å². The molecule has 2 aromatic carbocycles. The van der Waals surface area contributed by atoms with Gasteiger partial charge in [-0.15, -0.1) is 0 Å². The molecule has 0 saturated carbocycles. The second-order valence-electron chi connectivity index (χ2n) is 9.78. The number of hydrogen-bond acceptors (Lipinski definition) is 3. The van der Waals surface area contributed by atoms with Crippen molar-refractivity contribution in [1.29, 1.82) is 0 Å². The number of nitrogens with zero attached hydrogens (tertiary/aromatic N) is 2. The first kappa shape index (κ1) is 23.0. The number of nitrogens with one attached hydrogen (secondary N) is 2. The second-order valence-corrected chi connectivity index (χ2v) is 9.78. The molecule has 5 nitrogen and oxygen atoms in total. The Morgan fingerprint density at radius 2 is 1.15 bits per heavy atom. The van der Waals surface area contributed by atoms with Gasteiger partial charge in [0.15, 0.2) is 0 Å². The molecule has 5 heteroatoms. The lowest BCUT2D eigenvalue weighted by molar-refractivity contribution is 0.415. The predicted molar refractivity (Wildman–Crippen MR) is 161 cm³/mol. The number of fused-ring (bicyclic) bond motifs is 8. The zero-order valence-electron chi connectivity index (χ0n) is 21.7. The van der Waals surface area contributed by atoms with Gasteiger partial charge in [-0.1, -0.05) is 36.4 Å². The fourth-order valence-electron chi connectivity index (χ4n) is 5.27. The van der Waals surface area contributed by atoms with Gasteiger partial charge >= 0.3 is 0 Å². The average Bonchev–Trinajstić information content (AvgIpc) is 3.74. The fourth-order valence-corrected chi connectivity index (χ4v) is 5.27. The quantitative estimate of drug-likeness (QED) is 0.253.